The first kappa shape index (κ1) is 27.5. The number of amides is 1. The minimum atomic E-state index is 0.0318. The quantitative estimate of drug-likeness (QED) is 0.326. The molecule has 1 aromatic carbocycles. The summed E-state index contributed by atoms with van der Waals surface area (Å²) in [6.45, 7) is 16.9. The van der Waals surface area contributed by atoms with Crippen molar-refractivity contribution in [3.63, 3.8) is 0 Å². The molecule has 0 aliphatic heterocycles. The third-order valence-electron chi connectivity index (χ3n) is 6.63. The summed E-state index contributed by atoms with van der Waals surface area (Å²) in [6.07, 6.45) is 3.70. The number of carbonyl (C=O) groups excluding carboxylic acids is 1. The Bertz CT molecular complexity index is 1040. The van der Waals surface area contributed by atoms with Crippen molar-refractivity contribution in [2.24, 2.45) is 5.92 Å². The number of hydrogen-bond donors (Lipinski definition) is 1. The Morgan fingerprint density at radius 2 is 2.00 bits per heavy atom. The van der Waals surface area contributed by atoms with Crippen molar-refractivity contribution in [2.75, 3.05) is 19.0 Å². The molecule has 1 aromatic heterocycles. The summed E-state index contributed by atoms with van der Waals surface area (Å²) in [5.41, 5.74) is 3.98. The highest BCUT2D eigenvalue weighted by atomic mass is 32.1. The van der Waals surface area contributed by atoms with Gasteiger partial charge in [-0.25, -0.2) is 0 Å². The lowest BCUT2D eigenvalue weighted by Crippen LogP contribution is -2.44. The number of anilines is 1. The number of carbonyl (C=O) groups is 1. The van der Waals surface area contributed by atoms with E-state index in [0.29, 0.717) is 18.9 Å². The highest BCUT2D eigenvalue weighted by Crippen LogP contribution is 2.37. The lowest BCUT2D eigenvalue weighted by molar-refractivity contribution is 0.0628. The molecule has 0 aliphatic rings. The number of aryl methyl sites for hydroxylation is 2. The second-order valence-corrected chi connectivity index (χ2v) is 10.5. The van der Waals surface area contributed by atoms with E-state index in [0.717, 1.165) is 50.7 Å². The molecule has 2 rings (SSSR count). The summed E-state index contributed by atoms with van der Waals surface area (Å²) in [4.78, 5) is 17.3. The van der Waals surface area contributed by atoms with Crippen molar-refractivity contribution in [3.05, 3.63) is 58.1 Å². The first-order valence-electron chi connectivity index (χ1n) is 12.0. The molecule has 2 aromatic rings. The SMILES string of the molecule is C=CNc1sc(C)c(C)c1C(=O)N(C[C@H](CCCC#N)c1cc(C)ccc1OC)C(C)C(C)C. The molecular formula is C28H39N3O2S. The van der Waals surface area contributed by atoms with Gasteiger partial charge >= 0.3 is 0 Å². The molecule has 34 heavy (non-hydrogen) atoms. The van der Waals surface area contributed by atoms with Crippen LogP contribution >= 0.6 is 11.3 Å². The Morgan fingerprint density at radius 3 is 2.59 bits per heavy atom. The van der Waals surface area contributed by atoms with E-state index in [1.54, 1.807) is 24.6 Å². The maximum absolute atomic E-state index is 14.1. The predicted octanol–water partition coefficient (Wildman–Crippen LogP) is 7.20. The van der Waals surface area contributed by atoms with E-state index in [4.69, 9.17) is 10.00 Å². The summed E-state index contributed by atoms with van der Waals surface area (Å²) >= 11 is 1.59. The normalized spacial score (nSPS) is 12.7. The summed E-state index contributed by atoms with van der Waals surface area (Å²) in [5, 5.41) is 13.1. The third kappa shape index (κ3) is 6.42. The molecule has 0 bridgehead atoms. The summed E-state index contributed by atoms with van der Waals surface area (Å²) in [5.74, 6) is 1.21. The van der Waals surface area contributed by atoms with Gasteiger partial charge in [0.25, 0.3) is 5.91 Å². The van der Waals surface area contributed by atoms with Crippen LogP contribution in [0.2, 0.25) is 0 Å². The molecule has 2 atom stereocenters. The van der Waals surface area contributed by atoms with Crippen LogP contribution in [-0.4, -0.2) is 30.5 Å². The van der Waals surface area contributed by atoms with Crippen LogP contribution in [-0.2, 0) is 0 Å². The number of ether oxygens (including phenoxy) is 1. The van der Waals surface area contributed by atoms with Gasteiger partial charge in [-0.15, -0.1) is 11.3 Å². The predicted molar refractivity (Wildman–Crippen MR) is 143 cm³/mol. The van der Waals surface area contributed by atoms with Crippen LogP contribution in [0.3, 0.4) is 0 Å². The van der Waals surface area contributed by atoms with Gasteiger partial charge in [0.2, 0.25) is 0 Å². The molecule has 1 unspecified atom stereocenters. The lowest BCUT2D eigenvalue weighted by Gasteiger charge is -2.36. The number of nitrogens with one attached hydrogen (secondary N) is 1. The molecular weight excluding hydrogens is 442 g/mol. The van der Waals surface area contributed by atoms with Crippen molar-refractivity contribution in [2.45, 2.75) is 72.8 Å². The zero-order chi connectivity index (χ0) is 25.4. The molecule has 1 heterocycles. The summed E-state index contributed by atoms with van der Waals surface area (Å²) < 4.78 is 5.71. The first-order valence-corrected chi connectivity index (χ1v) is 12.8. The fraction of sp³-hybridized carbons (Fsp3) is 0.500. The molecule has 5 nitrogen and oxygen atoms in total. The molecule has 0 spiro atoms. The zero-order valence-electron chi connectivity index (χ0n) is 21.7. The number of methoxy groups -OCH3 is 1. The number of thiophene rings is 1. The fourth-order valence-electron chi connectivity index (χ4n) is 4.20. The monoisotopic (exact) mass is 481 g/mol. The Morgan fingerprint density at radius 1 is 1.29 bits per heavy atom. The largest absolute Gasteiger partial charge is 0.496 e. The number of nitrogens with zero attached hydrogens (tertiary/aromatic N) is 2. The molecule has 0 radical (unpaired) electrons. The molecule has 184 valence electrons. The topological polar surface area (TPSA) is 65.4 Å². The Balaban J connectivity index is 2.56. The number of rotatable bonds is 12. The third-order valence-corrected chi connectivity index (χ3v) is 7.77. The van der Waals surface area contributed by atoms with Crippen LogP contribution in [0.25, 0.3) is 0 Å². The van der Waals surface area contributed by atoms with Gasteiger partial charge in [0.05, 0.1) is 18.7 Å². The van der Waals surface area contributed by atoms with Gasteiger partial charge in [-0.05, 0) is 69.8 Å². The number of benzene rings is 1. The Labute approximate surface area is 209 Å². The van der Waals surface area contributed by atoms with E-state index < -0.39 is 0 Å². The van der Waals surface area contributed by atoms with E-state index in [1.807, 2.05) is 30.9 Å². The van der Waals surface area contributed by atoms with E-state index in [1.165, 1.54) is 0 Å². The standard InChI is InChI=1S/C28H39N3O2S/c1-9-30-27-26(20(5)22(7)34-27)28(32)31(21(6)18(2)3)17-23(12-10-11-15-29)24-16-19(4)13-14-25(24)33-8/h9,13-14,16,18,21,23,30H,1,10-12,17H2,2-8H3/t21?,23-/m0/s1. The van der Waals surface area contributed by atoms with Crippen LogP contribution < -0.4 is 10.1 Å². The first-order chi connectivity index (χ1) is 16.2. The average molecular weight is 482 g/mol. The Kier molecular flexibility index (Phi) is 10.2. The van der Waals surface area contributed by atoms with Gasteiger partial charge in [-0.1, -0.05) is 38.1 Å². The molecule has 6 heteroatoms. The summed E-state index contributed by atoms with van der Waals surface area (Å²) in [7, 11) is 1.69. The van der Waals surface area contributed by atoms with Gasteiger partial charge in [-0.3, -0.25) is 4.79 Å². The number of nitriles is 1. The Hall–Kier alpha value is -2.78. The lowest BCUT2D eigenvalue weighted by atomic mass is 9.89. The molecule has 0 fully saturated rings. The van der Waals surface area contributed by atoms with Gasteiger partial charge < -0.3 is 15.0 Å². The van der Waals surface area contributed by atoms with E-state index in [-0.39, 0.29) is 17.9 Å². The minimum Gasteiger partial charge on any atom is -0.496 e. The van der Waals surface area contributed by atoms with E-state index in [2.05, 4.69) is 51.7 Å². The smallest absolute Gasteiger partial charge is 0.257 e. The maximum Gasteiger partial charge on any atom is 0.257 e. The van der Waals surface area contributed by atoms with E-state index in [9.17, 15) is 4.79 Å². The van der Waals surface area contributed by atoms with E-state index >= 15 is 0 Å². The van der Waals surface area contributed by atoms with Crippen LogP contribution in [0.4, 0.5) is 5.00 Å². The fourth-order valence-corrected chi connectivity index (χ4v) is 5.25. The van der Waals surface area contributed by atoms with Gasteiger partial charge in [-0.2, -0.15) is 5.26 Å². The van der Waals surface area contributed by atoms with Crippen molar-refractivity contribution < 1.29 is 9.53 Å². The number of hydrogen-bond acceptors (Lipinski definition) is 5. The molecule has 0 saturated carbocycles. The van der Waals surface area contributed by atoms with Crippen molar-refractivity contribution in [3.8, 4) is 11.8 Å². The molecule has 1 N–H and O–H groups in total. The second kappa shape index (κ2) is 12.6. The second-order valence-electron chi connectivity index (χ2n) is 9.27. The minimum absolute atomic E-state index is 0.0318. The molecule has 0 aliphatic carbocycles. The summed E-state index contributed by atoms with van der Waals surface area (Å²) in [6, 6.07) is 8.50. The van der Waals surface area contributed by atoms with Gasteiger partial charge in [0.1, 0.15) is 10.8 Å². The maximum atomic E-state index is 14.1. The number of unbranched alkanes of at least 4 members (excludes halogenated alkanes) is 1. The van der Waals surface area contributed by atoms with Crippen LogP contribution in [0.5, 0.6) is 5.75 Å². The highest BCUT2D eigenvalue weighted by Gasteiger charge is 2.31. The van der Waals surface area contributed by atoms with Crippen LogP contribution in [0.15, 0.2) is 31.0 Å². The zero-order valence-corrected chi connectivity index (χ0v) is 22.5. The average Bonchev–Trinajstić information content (AvgIpc) is 3.08. The molecule has 0 saturated heterocycles. The van der Waals surface area contributed by atoms with Gasteiger partial charge in [0.15, 0.2) is 0 Å². The molecule has 1 amide bonds. The van der Waals surface area contributed by atoms with Crippen molar-refractivity contribution >= 4 is 22.2 Å². The highest BCUT2D eigenvalue weighted by molar-refractivity contribution is 7.16. The van der Waals surface area contributed by atoms with Crippen LogP contribution in [0, 0.1) is 38.0 Å². The van der Waals surface area contributed by atoms with Crippen molar-refractivity contribution in [1.29, 1.82) is 5.26 Å². The van der Waals surface area contributed by atoms with Crippen molar-refractivity contribution in [1.82, 2.24) is 4.90 Å². The van der Waals surface area contributed by atoms with Gasteiger partial charge in [0, 0.05) is 29.8 Å². The van der Waals surface area contributed by atoms with Crippen LogP contribution in [0.1, 0.15) is 77.9 Å².